The Morgan fingerprint density at radius 1 is 1.04 bits per heavy atom. The Labute approximate surface area is 139 Å². The first kappa shape index (κ1) is 13.7. The lowest BCUT2D eigenvalue weighted by molar-refractivity contribution is -0.0205. The van der Waals surface area contributed by atoms with E-state index in [9.17, 15) is 0 Å². The summed E-state index contributed by atoms with van der Waals surface area (Å²) in [6, 6.07) is 12.5. The minimum Gasteiger partial charge on any atom is -0.364 e. The van der Waals surface area contributed by atoms with E-state index in [1.54, 1.807) is 12.5 Å². The van der Waals surface area contributed by atoms with Crippen molar-refractivity contribution in [1.29, 1.82) is 0 Å². The van der Waals surface area contributed by atoms with E-state index in [1.165, 1.54) is 11.1 Å². The van der Waals surface area contributed by atoms with Gasteiger partial charge >= 0.3 is 0 Å². The fraction of sp³-hybridized carbons (Fsp3) is 0.278. The van der Waals surface area contributed by atoms with Crippen LogP contribution in [0.3, 0.4) is 0 Å². The SMILES string of the molecule is c1ccc2c(c1)COC21CCN(c2ccc(-n3ccnc3)nn2)C1. The highest BCUT2D eigenvalue weighted by Gasteiger charge is 2.45. The number of hydrogen-bond donors (Lipinski definition) is 0. The topological polar surface area (TPSA) is 56.1 Å². The molecule has 2 aromatic heterocycles. The van der Waals surface area contributed by atoms with Crippen molar-refractivity contribution >= 4 is 5.82 Å². The predicted octanol–water partition coefficient (Wildman–Crippen LogP) is 2.30. The third kappa shape index (κ3) is 2.03. The molecule has 4 heterocycles. The van der Waals surface area contributed by atoms with Gasteiger partial charge in [-0.25, -0.2) is 4.98 Å². The number of ether oxygens (including phenoxy) is 1. The first-order chi connectivity index (χ1) is 11.8. The van der Waals surface area contributed by atoms with E-state index >= 15 is 0 Å². The molecule has 6 nitrogen and oxygen atoms in total. The van der Waals surface area contributed by atoms with Gasteiger partial charge in [-0.05, 0) is 29.7 Å². The van der Waals surface area contributed by atoms with Crippen LogP contribution in [0.2, 0.25) is 0 Å². The Kier molecular flexibility index (Phi) is 2.93. The van der Waals surface area contributed by atoms with Crippen LogP contribution < -0.4 is 4.90 Å². The summed E-state index contributed by atoms with van der Waals surface area (Å²) >= 11 is 0. The quantitative estimate of drug-likeness (QED) is 0.725. The maximum absolute atomic E-state index is 6.20. The molecule has 0 bridgehead atoms. The van der Waals surface area contributed by atoms with Crippen molar-refractivity contribution in [2.75, 3.05) is 18.0 Å². The largest absolute Gasteiger partial charge is 0.364 e. The number of fused-ring (bicyclic) bond motifs is 2. The zero-order chi connectivity index (χ0) is 16.0. The minimum atomic E-state index is -0.193. The molecule has 1 spiro atoms. The Morgan fingerprint density at radius 2 is 1.92 bits per heavy atom. The van der Waals surface area contributed by atoms with Gasteiger partial charge in [0.05, 0.1) is 13.2 Å². The van der Waals surface area contributed by atoms with E-state index < -0.39 is 0 Å². The lowest BCUT2D eigenvalue weighted by atomic mass is 9.92. The van der Waals surface area contributed by atoms with Crippen molar-refractivity contribution < 1.29 is 4.74 Å². The van der Waals surface area contributed by atoms with Gasteiger partial charge in [0.25, 0.3) is 0 Å². The average Bonchev–Trinajstić information content (AvgIpc) is 3.37. The van der Waals surface area contributed by atoms with Crippen molar-refractivity contribution in [2.24, 2.45) is 0 Å². The van der Waals surface area contributed by atoms with Gasteiger partial charge in [0, 0.05) is 18.9 Å². The summed E-state index contributed by atoms with van der Waals surface area (Å²) in [4.78, 5) is 6.29. The third-order valence-corrected chi connectivity index (χ3v) is 4.97. The molecular weight excluding hydrogens is 302 g/mol. The summed E-state index contributed by atoms with van der Waals surface area (Å²) in [7, 11) is 0. The van der Waals surface area contributed by atoms with Crippen LogP contribution in [0.1, 0.15) is 17.5 Å². The second kappa shape index (κ2) is 5.14. The Hall–Kier alpha value is -2.73. The molecule has 0 N–H and O–H groups in total. The normalized spacial score (nSPS) is 22.2. The lowest BCUT2D eigenvalue weighted by Gasteiger charge is -2.25. The maximum Gasteiger partial charge on any atom is 0.160 e. The monoisotopic (exact) mass is 319 g/mol. The molecule has 2 aliphatic rings. The summed E-state index contributed by atoms with van der Waals surface area (Å²) in [6.45, 7) is 2.45. The van der Waals surface area contributed by atoms with Crippen LogP contribution in [0, 0.1) is 0 Å². The first-order valence-corrected chi connectivity index (χ1v) is 8.13. The Morgan fingerprint density at radius 3 is 2.75 bits per heavy atom. The molecule has 5 rings (SSSR count). The van der Waals surface area contributed by atoms with Crippen LogP contribution in [-0.2, 0) is 16.9 Å². The number of aromatic nitrogens is 4. The molecule has 0 aliphatic carbocycles. The summed E-state index contributed by atoms with van der Waals surface area (Å²) in [5.41, 5.74) is 2.44. The molecule has 24 heavy (non-hydrogen) atoms. The second-order valence-corrected chi connectivity index (χ2v) is 6.33. The van der Waals surface area contributed by atoms with Gasteiger partial charge in [-0.3, -0.25) is 4.57 Å². The Bertz CT molecular complexity index is 861. The maximum atomic E-state index is 6.20. The van der Waals surface area contributed by atoms with Gasteiger partial charge < -0.3 is 9.64 Å². The van der Waals surface area contributed by atoms with Gasteiger partial charge in [-0.2, -0.15) is 0 Å². The van der Waals surface area contributed by atoms with E-state index in [2.05, 4.69) is 44.3 Å². The lowest BCUT2D eigenvalue weighted by Crippen LogP contribution is -2.31. The Balaban J connectivity index is 1.40. The van der Waals surface area contributed by atoms with E-state index in [4.69, 9.17) is 4.74 Å². The highest BCUT2D eigenvalue weighted by Crippen LogP contribution is 2.43. The van der Waals surface area contributed by atoms with Crippen molar-refractivity contribution in [3.05, 3.63) is 66.2 Å². The highest BCUT2D eigenvalue weighted by atomic mass is 16.5. The molecular formula is C18H17N5O. The molecule has 1 atom stereocenters. The fourth-order valence-electron chi connectivity index (χ4n) is 3.72. The minimum absolute atomic E-state index is 0.193. The van der Waals surface area contributed by atoms with Gasteiger partial charge in [0.1, 0.15) is 11.9 Å². The summed E-state index contributed by atoms with van der Waals surface area (Å²) in [6.07, 6.45) is 6.29. The van der Waals surface area contributed by atoms with E-state index in [0.717, 1.165) is 31.1 Å². The zero-order valence-electron chi connectivity index (χ0n) is 13.2. The average molecular weight is 319 g/mol. The van der Waals surface area contributed by atoms with E-state index in [0.29, 0.717) is 6.61 Å². The van der Waals surface area contributed by atoms with Crippen LogP contribution in [0.25, 0.3) is 5.82 Å². The van der Waals surface area contributed by atoms with Gasteiger partial charge in [0.15, 0.2) is 11.6 Å². The number of imidazole rings is 1. The molecule has 1 fully saturated rings. The van der Waals surface area contributed by atoms with Crippen molar-refractivity contribution in [3.63, 3.8) is 0 Å². The van der Waals surface area contributed by atoms with E-state index in [-0.39, 0.29) is 5.60 Å². The van der Waals surface area contributed by atoms with Crippen molar-refractivity contribution in [3.8, 4) is 5.82 Å². The van der Waals surface area contributed by atoms with E-state index in [1.807, 2.05) is 22.9 Å². The molecule has 0 saturated carbocycles. The highest BCUT2D eigenvalue weighted by molar-refractivity contribution is 5.46. The molecule has 0 amide bonds. The van der Waals surface area contributed by atoms with Gasteiger partial charge in [-0.15, -0.1) is 10.2 Å². The van der Waals surface area contributed by atoms with Crippen LogP contribution in [-0.4, -0.2) is 32.8 Å². The first-order valence-electron chi connectivity index (χ1n) is 8.13. The summed E-state index contributed by atoms with van der Waals surface area (Å²) in [5, 5.41) is 8.71. The number of hydrogen-bond acceptors (Lipinski definition) is 5. The zero-order valence-corrected chi connectivity index (χ0v) is 13.2. The van der Waals surface area contributed by atoms with Crippen molar-refractivity contribution in [2.45, 2.75) is 18.6 Å². The molecule has 120 valence electrons. The van der Waals surface area contributed by atoms with Crippen LogP contribution >= 0.6 is 0 Å². The van der Waals surface area contributed by atoms with Crippen LogP contribution in [0.4, 0.5) is 5.82 Å². The molecule has 1 aromatic carbocycles. The number of anilines is 1. The second-order valence-electron chi connectivity index (χ2n) is 6.33. The van der Waals surface area contributed by atoms with Crippen LogP contribution in [0.5, 0.6) is 0 Å². The van der Waals surface area contributed by atoms with Crippen molar-refractivity contribution in [1.82, 2.24) is 19.7 Å². The third-order valence-electron chi connectivity index (χ3n) is 4.97. The molecule has 2 aliphatic heterocycles. The molecule has 3 aromatic rings. The van der Waals surface area contributed by atoms with Crippen LogP contribution in [0.15, 0.2) is 55.1 Å². The summed E-state index contributed by atoms with van der Waals surface area (Å²) < 4.78 is 8.05. The van der Waals surface area contributed by atoms with Gasteiger partial charge in [-0.1, -0.05) is 24.3 Å². The molecule has 1 saturated heterocycles. The number of rotatable bonds is 2. The predicted molar refractivity (Wildman–Crippen MR) is 88.9 cm³/mol. The summed E-state index contributed by atoms with van der Waals surface area (Å²) in [5.74, 6) is 1.66. The fourth-order valence-corrected chi connectivity index (χ4v) is 3.72. The number of benzene rings is 1. The molecule has 0 radical (unpaired) electrons. The van der Waals surface area contributed by atoms with Gasteiger partial charge in [0.2, 0.25) is 0 Å². The smallest absolute Gasteiger partial charge is 0.160 e. The molecule has 6 heteroatoms. The number of nitrogens with zero attached hydrogens (tertiary/aromatic N) is 5. The molecule has 1 unspecified atom stereocenters. The standard InChI is InChI=1S/C18H17N5O/c1-2-4-15-14(3-1)11-24-18(15)7-9-22(12-18)16-5-6-17(21-20-16)23-10-8-19-13-23/h1-6,8,10,13H,7,9,11-12H2.